The highest BCUT2D eigenvalue weighted by atomic mass is 32.2. The Balaban J connectivity index is 2.33. The molecule has 1 aliphatic rings. The third-order valence-electron chi connectivity index (χ3n) is 3.89. The Morgan fingerprint density at radius 3 is 2.32 bits per heavy atom. The molecule has 1 saturated heterocycles. The summed E-state index contributed by atoms with van der Waals surface area (Å²) in [6.45, 7) is 7.84. The molecule has 0 aliphatic carbocycles. The van der Waals surface area contributed by atoms with Gasteiger partial charge in [-0.2, -0.15) is 0 Å². The zero-order chi connectivity index (χ0) is 14.3. The number of sulfonamides is 1. The van der Waals surface area contributed by atoms with E-state index in [-0.39, 0.29) is 0 Å². The molecule has 0 saturated carbocycles. The van der Waals surface area contributed by atoms with Crippen LogP contribution in [0.25, 0.3) is 0 Å². The summed E-state index contributed by atoms with van der Waals surface area (Å²) in [4.78, 5) is 2.39. The predicted molar refractivity (Wildman–Crippen MR) is 80.8 cm³/mol. The van der Waals surface area contributed by atoms with E-state index in [0.29, 0.717) is 31.2 Å². The summed E-state index contributed by atoms with van der Waals surface area (Å²) in [5.41, 5.74) is 0. The van der Waals surface area contributed by atoms with Gasteiger partial charge in [0.2, 0.25) is 10.0 Å². The van der Waals surface area contributed by atoms with E-state index >= 15 is 0 Å². The SMILES string of the molecule is CCCCN(C)CC1CCN(S(=O)(=O)CCC)CC1. The summed E-state index contributed by atoms with van der Waals surface area (Å²) < 4.78 is 25.6. The van der Waals surface area contributed by atoms with Crippen LogP contribution >= 0.6 is 0 Å². The lowest BCUT2D eigenvalue weighted by molar-refractivity contribution is 0.204. The molecule has 1 aliphatic heterocycles. The average molecular weight is 290 g/mol. The quantitative estimate of drug-likeness (QED) is 0.688. The van der Waals surface area contributed by atoms with Crippen LogP contribution in [0.4, 0.5) is 0 Å². The Morgan fingerprint density at radius 1 is 1.16 bits per heavy atom. The van der Waals surface area contributed by atoms with Gasteiger partial charge in [-0.05, 0) is 45.2 Å². The number of hydrogen-bond donors (Lipinski definition) is 0. The van der Waals surface area contributed by atoms with Gasteiger partial charge >= 0.3 is 0 Å². The Hall–Kier alpha value is -0.130. The Morgan fingerprint density at radius 2 is 1.79 bits per heavy atom. The van der Waals surface area contributed by atoms with Crippen molar-refractivity contribution in [2.75, 3.05) is 39.0 Å². The Bertz CT molecular complexity index is 335. The molecule has 0 radical (unpaired) electrons. The molecule has 0 bridgehead atoms. The van der Waals surface area contributed by atoms with Gasteiger partial charge in [0, 0.05) is 19.6 Å². The lowest BCUT2D eigenvalue weighted by Crippen LogP contribution is -2.42. The van der Waals surface area contributed by atoms with Crippen molar-refractivity contribution in [3.8, 4) is 0 Å². The first kappa shape index (κ1) is 16.9. The van der Waals surface area contributed by atoms with E-state index in [0.717, 1.165) is 25.9 Å². The maximum atomic E-state index is 12.0. The van der Waals surface area contributed by atoms with Gasteiger partial charge in [-0.25, -0.2) is 12.7 Å². The van der Waals surface area contributed by atoms with Gasteiger partial charge in [-0.1, -0.05) is 20.3 Å². The Labute approximate surface area is 119 Å². The van der Waals surface area contributed by atoms with Crippen LogP contribution in [0.5, 0.6) is 0 Å². The van der Waals surface area contributed by atoms with Crippen LogP contribution in [0, 0.1) is 5.92 Å². The van der Waals surface area contributed by atoms with Gasteiger partial charge in [-0.3, -0.25) is 0 Å². The van der Waals surface area contributed by atoms with Crippen LogP contribution in [-0.2, 0) is 10.0 Å². The third kappa shape index (κ3) is 5.79. The molecule has 0 aromatic carbocycles. The second-order valence-corrected chi connectivity index (χ2v) is 7.86. The first-order chi connectivity index (χ1) is 8.99. The van der Waals surface area contributed by atoms with Crippen LogP contribution < -0.4 is 0 Å². The zero-order valence-corrected chi connectivity index (χ0v) is 13.6. The molecule has 1 heterocycles. The number of piperidine rings is 1. The monoisotopic (exact) mass is 290 g/mol. The van der Waals surface area contributed by atoms with Gasteiger partial charge in [-0.15, -0.1) is 0 Å². The molecule has 0 aromatic heterocycles. The first-order valence-electron chi connectivity index (χ1n) is 7.66. The van der Waals surface area contributed by atoms with E-state index in [9.17, 15) is 8.42 Å². The topological polar surface area (TPSA) is 40.6 Å². The Kier molecular flexibility index (Phi) is 7.32. The van der Waals surface area contributed by atoms with Crippen LogP contribution in [0.3, 0.4) is 0 Å². The molecule has 1 rings (SSSR count). The molecule has 0 N–H and O–H groups in total. The molecule has 0 aromatic rings. The molecular weight excluding hydrogens is 260 g/mol. The van der Waals surface area contributed by atoms with Gasteiger partial charge in [0.1, 0.15) is 0 Å². The largest absolute Gasteiger partial charge is 0.306 e. The minimum atomic E-state index is -2.98. The molecule has 4 nitrogen and oxygen atoms in total. The normalized spacial score (nSPS) is 19.2. The fourth-order valence-corrected chi connectivity index (χ4v) is 4.26. The zero-order valence-electron chi connectivity index (χ0n) is 12.8. The molecule has 5 heteroatoms. The van der Waals surface area contributed by atoms with Crippen molar-refractivity contribution in [2.24, 2.45) is 5.92 Å². The molecule has 1 fully saturated rings. The molecule has 0 spiro atoms. The third-order valence-corrected chi connectivity index (χ3v) is 5.97. The van der Waals surface area contributed by atoms with Gasteiger partial charge in [0.25, 0.3) is 0 Å². The summed E-state index contributed by atoms with van der Waals surface area (Å²) in [6.07, 6.45) is 5.22. The second-order valence-electron chi connectivity index (χ2n) is 5.77. The highest BCUT2D eigenvalue weighted by molar-refractivity contribution is 7.89. The van der Waals surface area contributed by atoms with Crippen molar-refractivity contribution in [2.45, 2.75) is 46.0 Å². The average Bonchev–Trinajstić information content (AvgIpc) is 2.37. The van der Waals surface area contributed by atoms with Crippen LogP contribution in [-0.4, -0.2) is 56.6 Å². The van der Waals surface area contributed by atoms with Gasteiger partial charge in [0.05, 0.1) is 5.75 Å². The summed E-state index contributed by atoms with van der Waals surface area (Å²) in [7, 11) is -0.803. The van der Waals surface area contributed by atoms with E-state index in [1.165, 1.54) is 12.8 Å². The van der Waals surface area contributed by atoms with Crippen molar-refractivity contribution < 1.29 is 8.42 Å². The van der Waals surface area contributed by atoms with Crippen LogP contribution in [0.1, 0.15) is 46.0 Å². The minimum absolute atomic E-state index is 0.300. The summed E-state index contributed by atoms with van der Waals surface area (Å²) in [5, 5.41) is 0. The molecular formula is C14H30N2O2S. The minimum Gasteiger partial charge on any atom is -0.306 e. The number of nitrogens with zero attached hydrogens (tertiary/aromatic N) is 2. The highest BCUT2D eigenvalue weighted by Crippen LogP contribution is 2.21. The molecule has 0 atom stereocenters. The fraction of sp³-hybridized carbons (Fsp3) is 1.00. The van der Waals surface area contributed by atoms with E-state index < -0.39 is 10.0 Å². The lowest BCUT2D eigenvalue weighted by atomic mass is 9.97. The standard InChI is InChI=1S/C14H30N2O2S/c1-4-6-9-15(3)13-14-7-10-16(11-8-14)19(17,18)12-5-2/h14H,4-13H2,1-3H3. The van der Waals surface area contributed by atoms with Crippen molar-refractivity contribution >= 4 is 10.0 Å². The van der Waals surface area contributed by atoms with Crippen molar-refractivity contribution in [3.05, 3.63) is 0 Å². The molecule has 114 valence electrons. The van der Waals surface area contributed by atoms with Gasteiger partial charge in [0.15, 0.2) is 0 Å². The van der Waals surface area contributed by atoms with Crippen molar-refractivity contribution in [3.63, 3.8) is 0 Å². The maximum absolute atomic E-state index is 12.0. The summed E-state index contributed by atoms with van der Waals surface area (Å²) >= 11 is 0. The molecule has 0 unspecified atom stereocenters. The van der Waals surface area contributed by atoms with Crippen LogP contribution in [0.15, 0.2) is 0 Å². The maximum Gasteiger partial charge on any atom is 0.214 e. The first-order valence-corrected chi connectivity index (χ1v) is 9.26. The van der Waals surface area contributed by atoms with Gasteiger partial charge < -0.3 is 4.90 Å². The fourth-order valence-electron chi connectivity index (χ4n) is 2.72. The lowest BCUT2D eigenvalue weighted by Gasteiger charge is -2.33. The smallest absolute Gasteiger partial charge is 0.214 e. The second kappa shape index (κ2) is 8.22. The van der Waals surface area contributed by atoms with E-state index in [1.54, 1.807) is 4.31 Å². The summed E-state index contributed by atoms with van der Waals surface area (Å²) in [5.74, 6) is 0.962. The summed E-state index contributed by atoms with van der Waals surface area (Å²) in [6, 6.07) is 0. The molecule has 19 heavy (non-hydrogen) atoms. The molecule has 0 amide bonds. The number of unbranched alkanes of at least 4 members (excludes halogenated alkanes) is 1. The number of rotatable bonds is 8. The predicted octanol–water partition coefficient (Wildman–Crippen LogP) is 2.17. The van der Waals surface area contributed by atoms with Crippen molar-refractivity contribution in [1.29, 1.82) is 0 Å². The highest BCUT2D eigenvalue weighted by Gasteiger charge is 2.27. The van der Waals surface area contributed by atoms with Crippen molar-refractivity contribution in [1.82, 2.24) is 9.21 Å². The van der Waals surface area contributed by atoms with Crippen LogP contribution in [0.2, 0.25) is 0 Å². The van der Waals surface area contributed by atoms with E-state index in [2.05, 4.69) is 18.9 Å². The number of hydrogen-bond acceptors (Lipinski definition) is 3. The van der Waals surface area contributed by atoms with E-state index in [1.807, 2.05) is 6.92 Å². The van der Waals surface area contributed by atoms with E-state index in [4.69, 9.17) is 0 Å².